The third-order valence-electron chi connectivity index (χ3n) is 2.09. The SMILES string of the molecule is COc1cc(F)cc(-c2cc(OC)ns2)c1. The molecule has 0 aliphatic rings. The quantitative estimate of drug-likeness (QED) is 0.825. The van der Waals surface area contributed by atoms with Crippen LogP contribution in [0.25, 0.3) is 10.4 Å². The summed E-state index contributed by atoms with van der Waals surface area (Å²) in [7, 11) is 3.05. The number of halogens is 1. The van der Waals surface area contributed by atoms with Crippen molar-refractivity contribution in [3.05, 3.63) is 30.1 Å². The minimum atomic E-state index is -0.332. The van der Waals surface area contributed by atoms with Crippen LogP contribution in [0.5, 0.6) is 11.6 Å². The standard InChI is InChI=1S/C11H10FNO2S/c1-14-9-4-7(3-8(12)5-9)10-6-11(15-2)13-16-10/h3-6H,1-2H3. The molecule has 0 N–H and O–H groups in total. The Morgan fingerprint density at radius 2 is 1.94 bits per heavy atom. The minimum Gasteiger partial charge on any atom is -0.497 e. The Kier molecular flexibility index (Phi) is 3.05. The van der Waals surface area contributed by atoms with E-state index in [4.69, 9.17) is 9.47 Å². The van der Waals surface area contributed by atoms with Crippen LogP contribution >= 0.6 is 11.5 Å². The second-order valence-corrected chi connectivity index (χ2v) is 3.92. The molecule has 0 unspecified atom stereocenters. The fourth-order valence-electron chi connectivity index (χ4n) is 1.31. The van der Waals surface area contributed by atoms with Crippen molar-refractivity contribution in [3.8, 4) is 22.1 Å². The zero-order valence-electron chi connectivity index (χ0n) is 8.86. The summed E-state index contributed by atoms with van der Waals surface area (Å²) in [4.78, 5) is 0.842. The van der Waals surface area contributed by atoms with Crippen LogP contribution in [0, 0.1) is 5.82 Å². The van der Waals surface area contributed by atoms with Gasteiger partial charge in [-0.2, -0.15) is 4.37 Å². The second-order valence-electron chi connectivity index (χ2n) is 3.11. The van der Waals surface area contributed by atoms with Crippen molar-refractivity contribution < 1.29 is 13.9 Å². The largest absolute Gasteiger partial charge is 0.497 e. The third kappa shape index (κ3) is 2.14. The molecule has 1 heterocycles. The van der Waals surface area contributed by atoms with Gasteiger partial charge in [0.1, 0.15) is 11.6 Å². The van der Waals surface area contributed by atoms with E-state index in [1.54, 1.807) is 19.2 Å². The van der Waals surface area contributed by atoms with Crippen molar-refractivity contribution in [2.24, 2.45) is 0 Å². The molecule has 3 nitrogen and oxygen atoms in total. The van der Waals surface area contributed by atoms with E-state index in [-0.39, 0.29) is 5.82 Å². The minimum absolute atomic E-state index is 0.332. The molecule has 2 rings (SSSR count). The molecular formula is C11H10FNO2S. The maximum absolute atomic E-state index is 13.3. The average molecular weight is 239 g/mol. The Bertz CT molecular complexity index is 498. The lowest BCUT2D eigenvalue weighted by atomic mass is 10.2. The molecule has 0 saturated carbocycles. The highest BCUT2D eigenvalue weighted by Crippen LogP contribution is 2.31. The molecule has 16 heavy (non-hydrogen) atoms. The van der Waals surface area contributed by atoms with Crippen molar-refractivity contribution in [1.29, 1.82) is 0 Å². The van der Waals surface area contributed by atoms with Gasteiger partial charge in [0.2, 0.25) is 5.88 Å². The fourth-order valence-corrected chi connectivity index (χ4v) is 2.01. The van der Waals surface area contributed by atoms with Gasteiger partial charge in [-0.15, -0.1) is 0 Å². The fraction of sp³-hybridized carbons (Fsp3) is 0.182. The van der Waals surface area contributed by atoms with Gasteiger partial charge in [0.05, 0.1) is 19.1 Å². The molecule has 84 valence electrons. The van der Waals surface area contributed by atoms with Gasteiger partial charge in [0, 0.05) is 12.1 Å². The number of benzene rings is 1. The lowest BCUT2D eigenvalue weighted by Crippen LogP contribution is -1.85. The Morgan fingerprint density at radius 1 is 1.12 bits per heavy atom. The van der Waals surface area contributed by atoms with E-state index >= 15 is 0 Å². The van der Waals surface area contributed by atoms with Crippen LogP contribution in [-0.2, 0) is 0 Å². The number of nitrogens with zero attached hydrogens (tertiary/aromatic N) is 1. The van der Waals surface area contributed by atoms with E-state index < -0.39 is 0 Å². The maximum Gasteiger partial charge on any atom is 0.225 e. The number of rotatable bonds is 3. The van der Waals surface area contributed by atoms with Crippen LogP contribution < -0.4 is 9.47 Å². The highest BCUT2D eigenvalue weighted by molar-refractivity contribution is 7.09. The summed E-state index contributed by atoms with van der Waals surface area (Å²) >= 11 is 1.26. The Labute approximate surface area is 96.6 Å². The first-order valence-corrected chi connectivity index (χ1v) is 5.36. The molecule has 0 fully saturated rings. The first-order chi connectivity index (χ1) is 7.72. The van der Waals surface area contributed by atoms with Gasteiger partial charge in [-0.1, -0.05) is 0 Å². The monoisotopic (exact) mass is 239 g/mol. The molecule has 1 aromatic heterocycles. The Hall–Kier alpha value is -1.62. The molecule has 0 spiro atoms. The molecule has 0 atom stereocenters. The number of hydrogen-bond donors (Lipinski definition) is 0. The van der Waals surface area contributed by atoms with Gasteiger partial charge < -0.3 is 9.47 Å². The highest BCUT2D eigenvalue weighted by Gasteiger charge is 2.07. The second kappa shape index (κ2) is 4.49. The van der Waals surface area contributed by atoms with E-state index in [1.807, 2.05) is 0 Å². The van der Waals surface area contributed by atoms with E-state index in [2.05, 4.69) is 4.37 Å². The zero-order chi connectivity index (χ0) is 11.5. The molecule has 0 bridgehead atoms. The number of ether oxygens (including phenoxy) is 2. The molecule has 0 amide bonds. The van der Waals surface area contributed by atoms with Gasteiger partial charge in [0.25, 0.3) is 0 Å². The van der Waals surface area contributed by atoms with Crippen LogP contribution in [0.1, 0.15) is 0 Å². The van der Waals surface area contributed by atoms with E-state index in [1.165, 1.54) is 30.8 Å². The Balaban J connectivity index is 2.42. The summed E-state index contributed by atoms with van der Waals surface area (Å²) in [5.41, 5.74) is 0.734. The number of aromatic nitrogens is 1. The average Bonchev–Trinajstić information content (AvgIpc) is 2.76. The van der Waals surface area contributed by atoms with Crippen LogP contribution in [0.15, 0.2) is 24.3 Å². The van der Waals surface area contributed by atoms with Gasteiger partial charge >= 0.3 is 0 Å². The Morgan fingerprint density at radius 3 is 2.56 bits per heavy atom. The van der Waals surface area contributed by atoms with Crippen LogP contribution in [0.3, 0.4) is 0 Å². The molecule has 0 radical (unpaired) electrons. The summed E-state index contributed by atoms with van der Waals surface area (Å²) in [6, 6.07) is 6.30. The molecule has 5 heteroatoms. The summed E-state index contributed by atoms with van der Waals surface area (Å²) in [5, 5.41) is 0. The van der Waals surface area contributed by atoms with Crippen LogP contribution in [0.4, 0.5) is 4.39 Å². The summed E-state index contributed by atoms with van der Waals surface area (Å²) in [6.07, 6.45) is 0. The molecular weight excluding hydrogens is 229 g/mol. The topological polar surface area (TPSA) is 31.4 Å². The molecule has 0 aliphatic carbocycles. The lowest BCUT2D eigenvalue weighted by Gasteiger charge is -2.02. The van der Waals surface area contributed by atoms with E-state index in [0.717, 1.165) is 10.4 Å². The summed E-state index contributed by atoms with van der Waals surface area (Å²) in [6.45, 7) is 0. The molecule has 2 aromatic rings. The summed E-state index contributed by atoms with van der Waals surface area (Å²) in [5.74, 6) is 0.687. The van der Waals surface area contributed by atoms with Crippen molar-refractivity contribution in [3.63, 3.8) is 0 Å². The van der Waals surface area contributed by atoms with E-state index in [9.17, 15) is 4.39 Å². The van der Waals surface area contributed by atoms with Crippen molar-refractivity contribution in [2.45, 2.75) is 0 Å². The van der Waals surface area contributed by atoms with Gasteiger partial charge in [-0.05, 0) is 29.2 Å². The number of hydrogen-bond acceptors (Lipinski definition) is 4. The van der Waals surface area contributed by atoms with E-state index in [0.29, 0.717) is 11.6 Å². The zero-order valence-corrected chi connectivity index (χ0v) is 9.68. The lowest BCUT2D eigenvalue weighted by molar-refractivity contribution is 0.402. The van der Waals surface area contributed by atoms with Gasteiger partial charge in [0.15, 0.2) is 0 Å². The van der Waals surface area contributed by atoms with Crippen LogP contribution in [-0.4, -0.2) is 18.6 Å². The van der Waals surface area contributed by atoms with Crippen molar-refractivity contribution >= 4 is 11.5 Å². The number of methoxy groups -OCH3 is 2. The predicted molar refractivity (Wildman–Crippen MR) is 60.6 cm³/mol. The third-order valence-corrected chi connectivity index (χ3v) is 2.91. The first kappa shape index (κ1) is 10.9. The molecule has 1 aromatic carbocycles. The normalized spacial score (nSPS) is 10.2. The predicted octanol–water partition coefficient (Wildman–Crippen LogP) is 2.97. The smallest absolute Gasteiger partial charge is 0.225 e. The van der Waals surface area contributed by atoms with Crippen molar-refractivity contribution in [1.82, 2.24) is 4.37 Å². The van der Waals surface area contributed by atoms with Gasteiger partial charge in [-0.25, -0.2) is 4.39 Å². The van der Waals surface area contributed by atoms with Gasteiger partial charge in [-0.3, -0.25) is 0 Å². The maximum atomic E-state index is 13.3. The van der Waals surface area contributed by atoms with Crippen LogP contribution in [0.2, 0.25) is 0 Å². The summed E-state index contributed by atoms with van der Waals surface area (Å²) < 4.78 is 27.3. The molecule has 0 saturated heterocycles. The highest BCUT2D eigenvalue weighted by atomic mass is 32.1. The molecule has 0 aliphatic heterocycles. The first-order valence-electron chi connectivity index (χ1n) is 4.58. The van der Waals surface area contributed by atoms with Crippen molar-refractivity contribution in [2.75, 3.05) is 14.2 Å².